The van der Waals surface area contributed by atoms with Crippen molar-refractivity contribution in [3.63, 3.8) is 0 Å². The first-order valence-corrected chi connectivity index (χ1v) is 3.12. The van der Waals surface area contributed by atoms with Crippen molar-refractivity contribution in [3.05, 3.63) is 11.2 Å². The lowest BCUT2D eigenvalue weighted by atomic mass is 10.7. The van der Waals surface area contributed by atoms with Crippen molar-refractivity contribution in [1.29, 1.82) is 0 Å². The molecule has 0 heterocycles. The first-order chi connectivity index (χ1) is 3.81. The molecule has 0 aliphatic heterocycles. The van der Waals surface area contributed by atoms with Crippen LogP contribution in [0.3, 0.4) is 0 Å². The van der Waals surface area contributed by atoms with Crippen molar-refractivity contribution in [2.75, 3.05) is 5.88 Å². The van der Waals surface area contributed by atoms with Gasteiger partial charge in [0.05, 0.1) is 0 Å². The Morgan fingerprint density at radius 2 is 2.38 bits per heavy atom. The third kappa shape index (κ3) is 4.16. The minimum Gasteiger partial charge on any atom is -0.250 e. The molecule has 0 saturated carbocycles. The van der Waals surface area contributed by atoms with Gasteiger partial charge in [0, 0.05) is 12.1 Å². The van der Waals surface area contributed by atoms with Crippen molar-refractivity contribution in [3.8, 4) is 0 Å². The normalized spacial score (nSPS) is 13.1. The molecule has 0 aromatic heterocycles. The van der Waals surface area contributed by atoms with Crippen LogP contribution in [0.25, 0.3) is 0 Å². The quantitative estimate of drug-likeness (QED) is 0.327. The zero-order valence-electron chi connectivity index (χ0n) is 4.56. The summed E-state index contributed by atoms with van der Waals surface area (Å²) in [7, 11) is 0. The van der Waals surface area contributed by atoms with Gasteiger partial charge in [0.25, 0.3) is 0 Å². The van der Waals surface area contributed by atoms with Crippen molar-refractivity contribution >= 4 is 29.4 Å². The zero-order chi connectivity index (χ0) is 6.41. The highest BCUT2D eigenvalue weighted by Crippen LogP contribution is 2.01. The molecule has 46 valence electrons. The Bertz CT molecular complexity index is 107. The topological polar surface area (TPSA) is 12.4 Å². The van der Waals surface area contributed by atoms with Crippen LogP contribution in [0.5, 0.6) is 0 Å². The molecule has 0 aliphatic rings. The number of halogens is 2. The summed E-state index contributed by atoms with van der Waals surface area (Å²) in [4.78, 5) is 3.73. The number of allylic oxidation sites excluding steroid dienone is 1. The Hall–Kier alpha value is -0.0100. The first-order valence-electron chi connectivity index (χ1n) is 2.21. The molecule has 0 saturated heterocycles. The fraction of sp³-hybridized carbons (Fsp3) is 0.400. The molecule has 0 amide bonds. The molecular weight excluding hydrogens is 145 g/mol. The summed E-state index contributed by atoms with van der Waals surface area (Å²) in [6.45, 7) is 1.80. The Kier molecular flexibility index (Phi) is 5.13. The van der Waals surface area contributed by atoms with Crippen LogP contribution in [0.15, 0.2) is 16.2 Å². The van der Waals surface area contributed by atoms with E-state index in [9.17, 15) is 0 Å². The smallest absolute Gasteiger partial charge is 0.125 e. The first kappa shape index (κ1) is 7.99. The lowest BCUT2D eigenvalue weighted by molar-refractivity contribution is 1.48. The van der Waals surface area contributed by atoms with Crippen LogP contribution >= 0.6 is 23.2 Å². The largest absolute Gasteiger partial charge is 0.250 e. The van der Waals surface area contributed by atoms with E-state index in [-0.39, 0.29) is 0 Å². The van der Waals surface area contributed by atoms with E-state index < -0.39 is 0 Å². The zero-order valence-corrected chi connectivity index (χ0v) is 6.08. The summed E-state index contributed by atoms with van der Waals surface area (Å²) in [6, 6.07) is 0. The van der Waals surface area contributed by atoms with Gasteiger partial charge in [-0.25, -0.2) is 4.99 Å². The monoisotopic (exact) mass is 151 g/mol. The minimum absolute atomic E-state index is 0.413. The molecule has 0 spiro atoms. The third-order valence-corrected chi connectivity index (χ3v) is 0.904. The Labute approximate surface area is 59.0 Å². The number of hydrogen-bond donors (Lipinski definition) is 0. The number of alkyl halides is 1. The lowest BCUT2D eigenvalue weighted by Gasteiger charge is -1.81. The van der Waals surface area contributed by atoms with Gasteiger partial charge in [0.1, 0.15) is 5.16 Å². The number of rotatable bonds is 2. The van der Waals surface area contributed by atoms with Crippen LogP contribution in [0.4, 0.5) is 0 Å². The fourth-order valence-electron chi connectivity index (χ4n) is 0.240. The summed E-state index contributed by atoms with van der Waals surface area (Å²) >= 11 is 10.8. The molecule has 0 aromatic rings. The second-order valence-corrected chi connectivity index (χ2v) is 1.76. The summed E-state index contributed by atoms with van der Waals surface area (Å²) in [5, 5.41) is 0.447. The molecule has 0 N–H and O–H groups in total. The summed E-state index contributed by atoms with van der Waals surface area (Å²) in [5.74, 6) is 0.413. The molecule has 8 heavy (non-hydrogen) atoms. The second kappa shape index (κ2) is 5.13. The van der Waals surface area contributed by atoms with Gasteiger partial charge >= 0.3 is 0 Å². The predicted molar refractivity (Wildman–Crippen MR) is 38.8 cm³/mol. The van der Waals surface area contributed by atoms with Crippen LogP contribution in [-0.4, -0.2) is 12.1 Å². The predicted octanol–water partition coefficient (Wildman–Crippen LogP) is 2.40. The second-order valence-electron chi connectivity index (χ2n) is 1.07. The molecule has 0 aliphatic carbocycles. The molecule has 0 radical (unpaired) electrons. The van der Waals surface area contributed by atoms with Gasteiger partial charge < -0.3 is 0 Å². The Balaban J connectivity index is 3.61. The van der Waals surface area contributed by atoms with Gasteiger partial charge in [0.2, 0.25) is 0 Å². The van der Waals surface area contributed by atoms with Crippen LogP contribution in [0.1, 0.15) is 6.92 Å². The van der Waals surface area contributed by atoms with Gasteiger partial charge in [0.15, 0.2) is 0 Å². The van der Waals surface area contributed by atoms with E-state index in [4.69, 9.17) is 23.2 Å². The average molecular weight is 152 g/mol. The highest BCUT2D eigenvalue weighted by atomic mass is 35.5. The molecule has 0 bridgehead atoms. The number of aliphatic imine (C=N–C) groups is 1. The molecule has 1 nitrogen and oxygen atoms in total. The van der Waals surface area contributed by atoms with Crippen molar-refractivity contribution in [2.24, 2.45) is 4.99 Å². The highest BCUT2D eigenvalue weighted by Gasteiger charge is 1.79. The number of hydrogen-bond acceptors (Lipinski definition) is 1. The van der Waals surface area contributed by atoms with Gasteiger partial charge in [-0.1, -0.05) is 11.6 Å². The number of nitrogens with zero attached hydrogens (tertiary/aromatic N) is 1. The van der Waals surface area contributed by atoms with E-state index >= 15 is 0 Å². The maximum absolute atomic E-state index is 5.46. The summed E-state index contributed by atoms with van der Waals surface area (Å²) < 4.78 is 0. The fourth-order valence-corrected chi connectivity index (χ4v) is 0.640. The molecule has 0 rings (SSSR count). The maximum atomic E-state index is 5.46. The van der Waals surface area contributed by atoms with Crippen LogP contribution in [-0.2, 0) is 0 Å². The molecular formula is C5H7Cl2N. The van der Waals surface area contributed by atoms with E-state index in [0.29, 0.717) is 11.0 Å². The highest BCUT2D eigenvalue weighted by molar-refractivity contribution is 6.30. The van der Waals surface area contributed by atoms with Crippen LogP contribution < -0.4 is 0 Å². The summed E-state index contributed by atoms with van der Waals surface area (Å²) in [6.07, 6.45) is 3.24. The van der Waals surface area contributed by atoms with Gasteiger partial charge in [-0.3, -0.25) is 0 Å². The average Bonchev–Trinajstić information content (AvgIpc) is 1.68. The maximum Gasteiger partial charge on any atom is 0.125 e. The van der Waals surface area contributed by atoms with Crippen LogP contribution in [0, 0.1) is 0 Å². The van der Waals surface area contributed by atoms with E-state index in [0.717, 1.165) is 0 Å². The lowest BCUT2D eigenvalue weighted by Crippen LogP contribution is -1.66. The van der Waals surface area contributed by atoms with Crippen molar-refractivity contribution in [1.82, 2.24) is 0 Å². The Morgan fingerprint density at radius 1 is 1.75 bits per heavy atom. The van der Waals surface area contributed by atoms with E-state index in [2.05, 4.69) is 4.99 Å². The summed E-state index contributed by atoms with van der Waals surface area (Å²) in [5.41, 5.74) is 0. The molecule has 0 atom stereocenters. The molecule has 0 unspecified atom stereocenters. The van der Waals surface area contributed by atoms with Gasteiger partial charge in [-0.15, -0.1) is 11.6 Å². The van der Waals surface area contributed by atoms with Gasteiger partial charge in [-0.2, -0.15) is 0 Å². The standard InChI is InChI=1S/C5H7Cl2N/c1-2-8-5(7)3-4-6/h2-3H,4H2,1H3. The van der Waals surface area contributed by atoms with Crippen molar-refractivity contribution in [2.45, 2.75) is 6.92 Å². The van der Waals surface area contributed by atoms with Crippen molar-refractivity contribution < 1.29 is 0 Å². The minimum atomic E-state index is 0.413. The molecule has 0 fully saturated rings. The van der Waals surface area contributed by atoms with Gasteiger partial charge in [-0.05, 0) is 13.0 Å². The van der Waals surface area contributed by atoms with Crippen LogP contribution in [0.2, 0.25) is 0 Å². The SMILES string of the molecule is CC=NC(Cl)=CCCl. The Morgan fingerprint density at radius 3 is 2.75 bits per heavy atom. The molecule has 0 aromatic carbocycles. The van der Waals surface area contributed by atoms with E-state index in [1.807, 2.05) is 0 Å². The third-order valence-electron chi connectivity index (χ3n) is 0.498. The molecule has 3 heteroatoms. The van der Waals surface area contributed by atoms with E-state index in [1.54, 1.807) is 19.2 Å². The van der Waals surface area contributed by atoms with E-state index in [1.165, 1.54) is 0 Å².